The van der Waals surface area contributed by atoms with Crippen molar-refractivity contribution >= 4 is 5.69 Å². The van der Waals surface area contributed by atoms with Gasteiger partial charge in [0.15, 0.2) is 11.5 Å². The van der Waals surface area contributed by atoms with Crippen molar-refractivity contribution in [2.45, 2.75) is 0 Å². The molecule has 0 radical (unpaired) electrons. The van der Waals surface area contributed by atoms with Gasteiger partial charge in [0.25, 0.3) is 0 Å². The molecular formula is C11H17NO4. The Bertz CT molecular complexity index is 317. The molecule has 0 atom stereocenters. The predicted octanol–water partition coefficient (Wildman–Crippen LogP) is 0.665. The number of ether oxygens (including phenoxy) is 3. The van der Waals surface area contributed by atoms with Crippen molar-refractivity contribution in [2.75, 3.05) is 39.3 Å². The Hall–Kier alpha value is -1.46. The van der Waals surface area contributed by atoms with Crippen LogP contribution in [0.1, 0.15) is 0 Å². The van der Waals surface area contributed by atoms with Gasteiger partial charge in [-0.2, -0.15) is 0 Å². The molecule has 0 bridgehead atoms. The largest absolute Gasteiger partial charge is 0.493 e. The lowest BCUT2D eigenvalue weighted by molar-refractivity contribution is 0.0699. The molecule has 0 aliphatic carbocycles. The Labute approximate surface area is 94.7 Å². The summed E-state index contributed by atoms with van der Waals surface area (Å²) in [4.78, 5) is 0. The van der Waals surface area contributed by atoms with Crippen LogP contribution in [0.5, 0.6) is 11.5 Å². The van der Waals surface area contributed by atoms with Gasteiger partial charge in [0.05, 0.1) is 26.9 Å². The molecule has 90 valence electrons. The second-order valence-electron chi connectivity index (χ2n) is 3.09. The fourth-order valence-corrected chi connectivity index (χ4v) is 1.18. The van der Waals surface area contributed by atoms with Crippen molar-refractivity contribution in [1.29, 1.82) is 0 Å². The molecule has 0 saturated heterocycles. The standard InChI is InChI=1S/C11H17NO4/c1-14-10-3-2-9(12)8-11(10)16-7-6-15-5-4-13/h2-3,8,13H,4-7,12H2,1H3. The number of methoxy groups -OCH3 is 1. The zero-order valence-corrected chi connectivity index (χ0v) is 9.31. The summed E-state index contributed by atoms with van der Waals surface area (Å²) >= 11 is 0. The third-order valence-corrected chi connectivity index (χ3v) is 1.91. The second kappa shape index (κ2) is 6.92. The highest BCUT2D eigenvalue weighted by molar-refractivity contribution is 5.51. The first-order valence-corrected chi connectivity index (χ1v) is 5.03. The fraction of sp³-hybridized carbons (Fsp3) is 0.455. The Morgan fingerprint density at radius 2 is 2.00 bits per heavy atom. The summed E-state index contributed by atoms with van der Waals surface area (Å²) in [5.41, 5.74) is 6.25. The van der Waals surface area contributed by atoms with E-state index < -0.39 is 0 Å². The van der Waals surface area contributed by atoms with Gasteiger partial charge in [0.1, 0.15) is 6.61 Å². The van der Waals surface area contributed by atoms with Crippen LogP contribution in [0.3, 0.4) is 0 Å². The van der Waals surface area contributed by atoms with Crippen LogP contribution in [-0.2, 0) is 4.74 Å². The van der Waals surface area contributed by atoms with Crippen molar-refractivity contribution in [3.8, 4) is 11.5 Å². The highest BCUT2D eigenvalue weighted by atomic mass is 16.5. The Kier molecular flexibility index (Phi) is 5.45. The molecule has 0 amide bonds. The van der Waals surface area contributed by atoms with Gasteiger partial charge in [-0.25, -0.2) is 0 Å². The minimum absolute atomic E-state index is 0.0155. The van der Waals surface area contributed by atoms with E-state index in [0.29, 0.717) is 37.0 Å². The van der Waals surface area contributed by atoms with Crippen LogP contribution >= 0.6 is 0 Å². The van der Waals surface area contributed by atoms with E-state index in [1.54, 1.807) is 25.3 Å². The van der Waals surface area contributed by atoms with Gasteiger partial charge in [0, 0.05) is 11.8 Å². The molecule has 0 aliphatic rings. The number of nitrogens with two attached hydrogens (primary N) is 1. The Morgan fingerprint density at radius 3 is 2.69 bits per heavy atom. The number of nitrogen functional groups attached to an aromatic ring is 1. The number of hydrogen-bond acceptors (Lipinski definition) is 5. The Balaban J connectivity index is 2.42. The van der Waals surface area contributed by atoms with Gasteiger partial charge in [-0.1, -0.05) is 0 Å². The van der Waals surface area contributed by atoms with E-state index in [2.05, 4.69) is 0 Å². The predicted molar refractivity (Wildman–Crippen MR) is 60.8 cm³/mol. The van der Waals surface area contributed by atoms with Gasteiger partial charge < -0.3 is 25.1 Å². The first-order valence-electron chi connectivity index (χ1n) is 5.03. The van der Waals surface area contributed by atoms with Gasteiger partial charge in [-0.15, -0.1) is 0 Å². The SMILES string of the molecule is COc1ccc(N)cc1OCCOCCO. The average Bonchev–Trinajstić information content (AvgIpc) is 2.29. The number of aliphatic hydroxyl groups is 1. The van der Waals surface area contributed by atoms with Crippen LogP contribution in [0.2, 0.25) is 0 Å². The molecular weight excluding hydrogens is 210 g/mol. The van der Waals surface area contributed by atoms with E-state index >= 15 is 0 Å². The van der Waals surface area contributed by atoms with Crippen LogP contribution in [0.15, 0.2) is 18.2 Å². The highest BCUT2D eigenvalue weighted by Crippen LogP contribution is 2.28. The van der Waals surface area contributed by atoms with E-state index in [0.717, 1.165) is 0 Å². The van der Waals surface area contributed by atoms with E-state index in [-0.39, 0.29) is 6.61 Å². The lowest BCUT2D eigenvalue weighted by atomic mass is 10.3. The smallest absolute Gasteiger partial charge is 0.163 e. The molecule has 1 rings (SSSR count). The molecule has 0 unspecified atom stereocenters. The highest BCUT2D eigenvalue weighted by Gasteiger charge is 2.04. The van der Waals surface area contributed by atoms with Gasteiger partial charge >= 0.3 is 0 Å². The molecule has 5 nitrogen and oxygen atoms in total. The summed E-state index contributed by atoms with van der Waals surface area (Å²) in [5, 5.41) is 8.50. The molecule has 5 heteroatoms. The summed E-state index contributed by atoms with van der Waals surface area (Å²) in [6, 6.07) is 5.19. The molecule has 0 aromatic heterocycles. The maximum Gasteiger partial charge on any atom is 0.163 e. The summed E-state index contributed by atoms with van der Waals surface area (Å²) in [6.45, 7) is 1.14. The maximum atomic E-state index is 8.50. The summed E-state index contributed by atoms with van der Waals surface area (Å²) < 4.78 is 15.6. The number of rotatable bonds is 7. The van der Waals surface area contributed by atoms with Crippen molar-refractivity contribution < 1.29 is 19.3 Å². The molecule has 0 saturated carbocycles. The van der Waals surface area contributed by atoms with E-state index in [4.69, 9.17) is 25.1 Å². The van der Waals surface area contributed by atoms with E-state index in [1.165, 1.54) is 0 Å². The molecule has 0 spiro atoms. The minimum Gasteiger partial charge on any atom is -0.493 e. The van der Waals surface area contributed by atoms with Crippen molar-refractivity contribution in [3.05, 3.63) is 18.2 Å². The lowest BCUT2D eigenvalue weighted by Crippen LogP contribution is -2.09. The lowest BCUT2D eigenvalue weighted by Gasteiger charge is -2.11. The second-order valence-corrected chi connectivity index (χ2v) is 3.09. The normalized spacial score (nSPS) is 10.1. The van der Waals surface area contributed by atoms with Crippen molar-refractivity contribution in [3.63, 3.8) is 0 Å². The average molecular weight is 227 g/mol. The van der Waals surface area contributed by atoms with Gasteiger partial charge in [0.2, 0.25) is 0 Å². The van der Waals surface area contributed by atoms with E-state index in [1.807, 2.05) is 0 Å². The first kappa shape index (κ1) is 12.6. The maximum absolute atomic E-state index is 8.50. The summed E-state index contributed by atoms with van der Waals surface area (Å²) in [5.74, 6) is 1.23. The number of benzene rings is 1. The number of hydrogen-bond donors (Lipinski definition) is 2. The third-order valence-electron chi connectivity index (χ3n) is 1.91. The number of aliphatic hydroxyl groups excluding tert-OH is 1. The van der Waals surface area contributed by atoms with Crippen LogP contribution in [0, 0.1) is 0 Å². The van der Waals surface area contributed by atoms with Crippen LogP contribution in [-0.4, -0.2) is 38.6 Å². The summed E-state index contributed by atoms with van der Waals surface area (Å²) in [7, 11) is 1.57. The van der Waals surface area contributed by atoms with Crippen molar-refractivity contribution in [1.82, 2.24) is 0 Å². The molecule has 0 aliphatic heterocycles. The monoisotopic (exact) mass is 227 g/mol. The van der Waals surface area contributed by atoms with Gasteiger partial charge in [-0.3, -0.25) is 0 Å². The van der Waals surface area contributed by atoms with Crippen LogP contribution in [0.4, 0.5) is 5.69 Å². The zero-order chi connectivity index (χ0) is 11.8. The molecule has 1 aromatic carbocycles. The third kappa shape index (κ3) is 3.96. The first-order chi connectivity index (χ1) is 7.77. The quantitative estimate of drug-likeness (QED) is 0.529. The molecule has 16 heavy (non-hydrogen) atoms. The minimum atomic E-state index is 0.0155. The van der Waals surface area contributed by atoms with Crippen LogP contribution < -0.4 is 15.2 Å². The van der Waals surface area contributed by atoms with Crippen LogP contribution in [0.25, 0.3) is 0 Å². The molecule has 0 fully saturated rings. The zero-order valence-electron chi connectivity index (χ0n) is 9.31. The molecule has 1 aromatic rings. The summed E-state index contributed by atoms with van der Waals surface area (Å²) in [6.07, 6.45) is 0. The number of anilines is 1. The fourth-order valence-electron chi connectivity index (χ4n) is 1.18. The van der Waals surface area contributed by atoms with E-state index in [9.17, 15) is 0 Å². The Morgan fingerprint density at radius 1 is 1.19 bits per heavy atom. The van der Waals surface area contributed by atoms with Crippen molar-refractivity contribution in [2.24, 2.45) is 0 Å². The molecule has 0 heterocycles. The topological polar surface area (TPSA) is 73.9 Å². The van der Waals surface area contributed by atoms with Gasteiger partial charge in [-0.05, 0) is 12.1 Å². The molecule has 3 N–H and O–H groups in total.